The number of allylic oxidation sites excluding steroid dienone is 1. The third kappa shape index (κ3) is 3.16. The molecule has 0 aromatic rings. The van der Waals surface area contributed by atoms with Crippen LogP contribution < -0.4 is 0 Å². The van der Waals surface area contributed by atoms with Gasteiger partial charge in [-0.05, 0) is 38.3 Å². The number of ether oxygens (including phenoxy) is 1. The molecule has 1 saturated heterocycles. The van der Waals surface area contributed by atoms with Crippen LogP contribution in [0.2, 0.25) is 0 Å². The molecule has 5 heteroatoms. The summed E-state index contributed by atoms with van der Waals surface area (Å²) in [6, 6.07) is -0.112. The molecule has 0 spiro atoms. The molecule has 2 N–H and O–H groups in total. The van der Waals surface area contributed by atoms with E-state index in [1.165, 1.54) is 0 Å². The molecule has 2 rings (SSSR count). The minimum atomic E-state index is -0.609. The summed E-state index contributed by atoms with van der Waals surface area (Å²) in [7, 11) is 0. The first-order valence-corrected chi connectivity index (χ1v) is 6.67. The van der Waals surface area contributed by atoms with Crippen molar-refractivity contribution in [1.82, 2.24) is 4.90 Å². The van der Waals surface area contributed by atoms with Crippen molar-refractivity contribution in [3.05, 3.63) is 23.8 Å². The molecule has 0 bridgehead atoms. The molecule has 1 fully saturated rings. The Morgan fingerprint density at radius 2 is 2.37 bits per heavy atom. The first kappa shape index (κ1) is 14.1. The van der Waals surface area contributed by atoms with Crippen LogP contribution in [0.4, 0.5) is 4.79 Å². The van der Waals surface area contributed by atoms with Gasteiger partial charge in [-0.2, -0.15) is 0 Å². The molecular weight excluding hydrogens is 246 g/mol. The second kappa shape index (κ2) is 5.75. The summed E-state index contributed by atoms with van der Waals surface area (Å²) in [6.07, 6.45) is 5.43. The van der Waals surface area contributed by atoms with E-state index < -0.39 is 6.10 Å². The van der Waals surface area contributed by atoms with Gasteiger partial charge in [0.1, 0.15) is 6.10 Å². The van der Waals surface area contributed by atoms with Crippen LogP contribution in [0, 0.1) is 0 Å². The molecular formula is C14H21NO4. The molecule has 2 aliphatic rings. The Labute approximate surface area is 113 Å². The molecule has 0 saturated carbocycles. The lowest BCUT2D eigenvalue weighted by molar-refractivity contribution is 0.126. The first-order chi connectivity index (χ1) is 8.99. The molecule has 1 amide bonds. The third-order valence-corrected chi connectivity index (χ3v) is 3.50. The Morgan fingerprint density at radius 3 is 3.05 bits per heavy atom. The van der Waals surface area contributed by atoms with E-state index in [9.17, 15) is 15.0 Å². The van der Waals surface area contributed by atoms with Gasteiger partial charge in [-0.1, -0.05) is 12.2 Å². The fourth-order valence-electron chi connectivity index (χ4n) is 2.60. The van der Waals surface area contributed by atoms with Crippen LogP contribution in [0.3, 0.4) is 0 Å². The van der Waals surface area contributed by atoms with Gasteiger partial charge in [-0.3, -0.25) is 4.90 Å². The topological polar surface area (TPSA) is 70.0 Å². The van der Waals surface area contributed by atoms with E-state index in [-0.39, 0.29) is 24.3 Å². The SMILES string of the molecule is CC1=C[C@@H](O)CN2C(=O)O[C@@H](/C=C/CCC(C)O)[C@H]12. The fraction of sp³-hybridized carbons (Fsp3) is 0.643. The molecule has 2 heterocycles. The van der Waals surface area contributed by atoms with Crippen molar-refractivity contribution in [2.24, 2.45) is 0 Å². The number of hydrogen-bond donors (Lipinski definition) is 2. The minimum Gasteiger partial charge on any atom is -0.439 e. The van der Waals surface area contributed by atoms with Gasteiger partial charge in [0.05, 0.1) is 24.8 Å². The van der Waals surface area contributed by atoms with Gasteiger partial charge in [-0.25, -0.2) is 4.79 Å². The van der Waals surface area contributed by atoms with E-state index in [1.54, 1.807) is 17.9 Å². The van der Waals surface area contributed by atoms with Crippen molar-refractivity contribution in [1.29, 1.82) is 0 Å². The maximum Gasteiger partial charge on any atom is 0.411 e. The standard InChI is InChI=1S/C14H21NO4/c1-9-7-11(17)8-15-13(9)12(19-14(15)18)6-4-3-5-10(2)16/h4,6-7,10-13,16-17H,3,5,8H2,1-2H3/b6-4+/t10?,11-,12+,13+/m1/s1. The zero-order valence-corrected chi connectivity index (χ0v) is 11.3. The minimum absolute atomic E-state index is 0.112. The number of nitrogens with zero attached hydrogens (tertiary/aromatic N) is 1. The monoisotopic (exact) mass is 267 g/mol. The number of carbonyl (C=O) groups excluding carboxylic acids is 1. The normalized spacial score (nSPS) is 32.2. The highest BCUT2D eigenvalue weighted by molar-refractivity contribution is 5.72. The van der Waals surface area contributed by atoms with Crippen LogP contribution in [0.25, 0.3) is 0 Å². The van der Waals surface area contributed by atoms with Gasteiger partial charge in [0, 0.05) is 0 Å². The molecule has 0 radical (unpaired) electrons. The average Bonchev–Trinajstić information content (AvgIpc) is 2.62. The maximum absolute atomic E-state index is 11.7. The van der Waals surface area contributed by atoms with Gasteiger partial charge in [0.2, 0.25) is 0 Å². The van der Waals surface area contributed by atoms with Crippen LogP contribution in [0.15, 0.2) is 23.8 Å². The largest absolute Gasteiger partial charge is 0.439 e. The molecule has 5 nitrogen and oxygen atoms in total. The molecule has 0 aromatic heterocycles. The fourth-order valence-corrected chi connectivity index (χ4v) is 2.60. The molecule has 1 unspecified atom stereocenters. The van der Waals surface area contributed by atoms with E-state index in [0.717, 1.165) is 12.0 Å². The van der Waals surface area contributed by atoms with Crippen molar-refractivity contribution < 1.29 is 19.7 Å². The Kier molecular flexibility index (Phi) is 4.27. The molecule has 4 atom stereocenters. The average molecular weight is 267 g/mol. The van der Waals surface area contributed by atoms with Crippen molar-refractivity contribution in [3.8, 4) is 0 Å². The summed E-state index contributed by atoms with van der Waals surface area (Å²) in [6.45, 7) is 3.94. The predicted molar refractivity (Wildman–Crippen MR) is 70.6 cm³/mol. The lowest BCUT2D eigenvalue weighted by Gasteiger charge is -2.30. The van der Waals surface area contributed by atoms with E-state index in [4.69, 9.17) is 4.74 Å². The first-order valence-electron chi connectivity index (χ1n) is 6.67. The summed E-state index contributed by atoms with van der Waals surface area (Å²) in [5.41, 5.74) is 0.953. The summed E-state index contributed by atoms with van der Waals surface area (Å²) >= 11 is 0. The zero-order chi connectivity index (χ0) is 14.0. The lowest BCUT2D eigenvalue weighted by atomic mass is 9.96. The van der Waals surface area contributed by atoms with Crippen LogP contribution >= 0.6 is 0 Å². The highest BCUT2D eigenvalue weighted by atomic mass is 16.6. The van der Waals surface area contributed by atoms with Crippen molar-refractivity contribution in [3.63, 3.8) is 0 Å². The zero-order valence-electron chi connectivity index (χ0n) is 11.3. The Bertz CT molecular complexity index is 402. The number of amides is 1. The maximum atomic E-state index is 11.7. The third-order valence-electron chi connectivity index (χ3n) is 3.50. The predicted octanol–water partition coefficient (Wildman–Crippen LogP) is 1.21. The number of cyclic esters (lactones) is 1. The van der Waals surface area contributed by atoms with Gasteiger partial charge in [0.15, 0.2) is 0 Å². The van der Waals surface area contributed by atoms with Crippen molar-refractivity contribution in [2.45, 2.75) is 51.0 Å². The molecule has 106 valence electrons. The van der Waals surface area contributed by atoms with Crippen molar-refractivity contribution >= 4 is 6.09 Å². The van der Waals surface area contributed by atoms with Crippen LogP contribution in [-0.4, -0.2) is 52.1 Å². The summed E-state index contributed by atoms with van der Waals surface area (Å²) in [4.78, 5) is 13.3. The van der Waals surface area contributed by atoms with E-state index in [0.29, 0.717) is 13.0 Å². The van der Waals surface area contributed by atoms with Crippen LogP contribution in [-0.2, 0) is 4.74 Å². The molecule has 19 heavy (non-hydrogen) atoms. The van der Waals surface area contributed by atoms with Crippen LogP contribution in [0.5, 0.6) is 0 Å². The number of carbonyl (C=O) groups is 1. The van der Waals surface area contributed by atoms with Gasteiger partial charge in [-0.15, -0.1) is 0 Å². The Morgan fingerprint density at radius 1 is 1.63 bits per heavy atom. The molecule has 2 aliphatic heterocycles. The number of aliphatic hydroxyl groups is 2. The van der Waals surface area contributed by atoms with Gasteiger partial charge >= 0.3 is 6.09 Å². The van der Waals surface area contributed by atoms with Crippen molar-refractivity contribution in [2.75, 3.05) is 6.54 Å². The number of aliphatic hydroxyl groups excluding tert-OH is 2. The van der Waals surface area contributed by atoms with Crippen LogP contribution in [0.1, 0.15) is 26.7 Å². The van der Waals surface area contributed by atoms with E-state index in [1.807, 2.05) is 19.1 Å². The number of fused-ring (bicyclic) bond motifs is 1. The smallest absolute Gasteiger partial charge is 0.411 e. The van der Waals surface area contributed by atoms with E-state index >= 15 is 0 Å². The number of hydrogen-bond acceptors (Lipinski definition) is 4. The van der Waals surface area contributed by atoms with Gasteiger partial charge in [0.25, 0.3) is 0 Å². The Balaban J connectivity index is 2.02. The second-order valence-corrected chi connectivity index (χ2v) is 5.28. The summed E-state index contributed by atoms with van der Waals surface area (Å²) in [5, 5.41) is 18.8. The lowest BCUT2D eigenvalue weighted by Crippen LogP contribution is -2.45. The summed E-state index contributed by atoms with van der Waals surface area (Å²) in [5.74, 6) is 0. The second-order valence-electron chi connectivity index (χ2n) is 5.28. The quantitative estimate of drug-likeness (QED) is 0.751. The molecule has 0 aliphatic carbocycles. The number of rotatable bonds is 4. The Hall–Kier alpha value is -1.33. The van der Waals surface area contributed by atoms with Gasteiger partial charge < -0.3 is 14.9 Å². The van der Waals surface area contributed by atoms with E-state index in [2.05, 4.69) is 0 Å². The highest BCUT2D eigenvalue weighted by Gasteiger charge is 2.43. The molecule has 0 aromatic carbocycles. The summed E-state index contributed by atoms with van der Waals surface area (Å²) < 4.78 is 5.32. The highest BCUT2D eigenvalue weighted by Crippen LogP contribution is 2.30.